The highest BCUT2D eigenvalue weighted by atomic mass is 16.6. The van der Waals surface area contributed by atoms with Gasteiger partial charge in [0.1, 0.15) is 19.0 Å². The van der Waals surface area contributed by atoms with Gasteiger partial charge in [-0.25, -0.2) is 0 Å². The number of unbranched alkanes of at least 4 members (excludes halogenated alkanes) is 1. The Hall–Kier alpha value is -3.75. The predicted molar refractivity (Wildman–Crippen MR) is 112 cm³/mol. The van der Waals surface area contributed by atoms with E-state index in [4.69, 9.17) is 14.2 Å². The van der Waals surface area contributed by atoms with Gasteiger partial charge in [-0.05, 0) is 48.9 Å². The van der Waals surface area contributed by atoms with E-state index in [1.165, 1.54) is 6.07 Å². The molecule has 164 valence electrons. The molecule has 1 aliphatic heterocycles. The van der Waals surface area contributed by atoms with E-state index >= 15 is 0 Å². The third-order valence-electron chi connectivity index (χ3n) is 4.41. The lowest BCUT2D eigenvalue weighted by Crippen LogP contribution is -2.46. The van der Waals surface area contributed by atoms with Crippen molar-refractivity contribution in [2.45, 2.75) is 19.8 Å². The average molecular weight is 427 g/mol. The predicted octanol–water partition coefficient (Wildman–Crippen LogP) is 1.83. The third kappa shape index (κ3) is 6.36. The van der Waals surface area contributed by atoms with Gasteiger partial charge < -0.3 is 19.5 Å². The SMILES string of the molecule is CCCCOc1ccc(C(=O)NCC(=O)NNC(=O)c2ccc3c(c2)OCCO3)cc1. The van der Waals surface area contributed by atoms with Crippen molar-refractivity contribution in [1.82, 2.24) is 16.2 Å². The van der Waals surface area contributed by atoms with Crippen LogP contribution in [-0.2, 0) is 4.79 Å². The summed E-state index contributed by atoms with van der Waals surface area (Å²) in [5.74, 6) is 0.224. The fourth-order valence-electron chi connectivity index (χ4n) is 2.73. The first-order valence-corrected chi connectivity index (χ1v) is 10.1. The molecule has 9 nitrogen and oxygen atoms in total. The van der Waals surface area contributed by atoms with Gasteiger partial charge in [0.15, 0.2) is 11.5 Å². The molecular formula is C22H25N3O6. The highest BCUT2D eigenvalue weighted by molar-refractivity contribution is 5.98. The van der Waals surface area contributed by atoms with E-state index < -0.39 is 17.7 Å². The topological polar surface area (TPSA) is 115 Å². The summed E-state index contributed by atoms with van der Waals surface area (Å²) in [6.45, 7) is 3.27. The monoisotopic (exact) mass is 427 g/mol. The number of amides is 3. The Morgan fingerprint density at radius 3 is 2.35 bits per heavy atom. The molecule has 0 bridgehead atoms. The van der Waals surface area contributed by atoms with Gasteiger partial charge in [-0.3, -0.25) is 25.2 Å². The van der Waals surface area contributed by atoms with Crippen molar-refractivity contribution in [3.05, 3.63) is 53.6 Å². The highest BCUT2D eigenvalue weighted by Crippen LogP contribution is 2.30. The lowest BCUT2D eigenvalue weighted by molar-refractivity contribution is -0.120. The van der Waals surface area contributed by atoms with Crippen molar-refractivity contribution in [2.75, 3.05) is 26.4 Å². The maximum absolute atomic E-state index is 12.2. The first kappa shape index (κ1) is 21.9. The molecule has 0 saturated carbocycles. The smallest absolute Gasteiger partial charge is 0.269 e. The van der Waals surface area contributed by atoms with Crippen LogP contribution < -0.4 is 30.4 Å². The Kier molecular flexibility index (Phi) is 7.69. The van der Waals surface area contributed by atoms with Crippen molar-refractivity contribution in [3.8, 4) is 17.2 Å². The Morgan fingerprint density at radius 1 is 0.903 bits per heavy atom. The molecule has 0 radical (unpaired) electrons. The number of fused-ring (bicyclic) bond motifs is 1. The Bertz CT molecular complexity index is 929. The fourth-order valence-corrected chi connectivity index (χ4v) is 2.73. The molecule has 3 rings (SSSR count). The molecule has 0 saturated heterocycles. The number of rotatable bonds is 8. The van der Waals surface area contributed by atoms with E-state index in [1.807, 2.05) is 0 Å². The first-order valence-electron chi connectivity index (χ1n) is 10.1. The fraction of sp³-hybridized carbons (Fsp3) is 0.318. The van der Waals surface area contributed by atoms with Crippen LogP contribution in [0.25, 0.3) is 0 Å². The van der Waals surface area contributed by atoms with Crippen molar-refractivity contribution in [2.24, 2.45) is 0 Å². The van der Waals surface area contributed by atoms with Gasteiger partial charge in [0.25, 0.3) is 17.7 Å². The van der Waals surface area contributed by atoms with E-state index in [1.54, 1.807) is 36.4 Å². The van der Waals surface area contributed by atoms with Gasteiger partial charge >= 0.3 is 0 Å². The molecule has 0 spiro atoms. The molecular weight excluding hydrogens is 402 g/mol. The van der Waals surface area contributed by atoms with Crippen LogP contribution in [-0.4, -0.2) is 44.1 Å². The van der Waals surface area contributed by atoms with Gasteiger partial charge in [-0.1, -0.05) is 13.3 Å². The maximum atomic E-state index is 12.2. The average Bonchev–Trinajstić information content (AvgIpc) is 2.81. The van der Waals surface area contributed by atoms with Crippen molar-refractivity contribution >= 4 is 17.7 Å². The number of nitrogens with one attached hydrogen (secondary N) is 3. The molecule has 2 aromatic carbocycles. The van der Waals surface area contributed by atoms with E-state index in [-0.39, 0.29) is 6.54 Å². The zero-order chi connectivity index (χ0) is 22.1. The Labute approximate surface area is 180 Å². The molecule has 0 fully saturated rings. The van der Waals surface area contributed by atoms with Gasteiger partial charge in [-0.15, -0.1) is 0 Å². The molecule has 3 N–H and O–H groups in total. The minimum Gasteiger partial charge on any atom is -0.494 e. The lowest BCUT2D eigenvalue weighted by atomic mass is 10.2. The van der Waals surface area contributed by atoms with Crippen LogP contribution >= 0.6 is 0 Å². The van der Waals surface area contributed by atoms with Crippen LogP contribution in [0.4, 0.5) is 0 Å². The van der Waals surface area contributed by atoms with Gasteiger partial charge in [-0.2, -0.15) is 0 Å². The number of ether oxygens (including phenoxy) is 3. The number of benzene rings is 2. The molecule has 0 aliphatic carbocycles. The molecule has 0 atom stereocenters. The number of hydrazine groups is 1. The largest absolute Gasteiger partial charge is 0.494 e. The van der Waals surface area contributed by atoms with Crippen LogP contribution in [0.5, 0.6) is 17.2 Å². The normalized spacial score (nSPS) is 11.9. The minimum atomic E-state index is -0.571. The van der Waals surface area contributed by atoms with Crippen LogP contribution in [0, 0.1) is 0 Å². The molecule has 0 aromatic heterocycles. The molecule has 2 aromatic rings. The van der Waals surface area contributed by atoms with Crippen LogP contribution in [0.15, 0.2) is 42.5 Å². The van der Waals surface area contributed by atoms with Crippen molar-refractivity contribution in [1.29, 1.82) is 0 Å². The Morgan fingerprint density at radius 2 is 1.61 bits per heavy atom. The third-order valence-corrected chi connectivity index (χ3v) is 4.41. The number of hydrogen-bond donors (Lipinski definition) is 3. The van der Waals surface area contributed by atoms with E-state index in [0.717, 1.165) is 12.8 Å². The second kappa shape index (κ2) is 10.9. The zero-order valence-electron chi connectivity index (χ0n) is 17.2. The highest BCUT2D eigenvalue weighted by Gasteiger charge is 2.15. The lowest BCUT2D eigenvalue weighted by Gasteiger charge is -2.18. The number of carbonyl (C=O) groups is 3. The van der Waals surface area contributed by atoms with Crippen LogP contribution in [0.3, 0.4) is 0 Å². The summed E-state index contributed by atoms with van der Waals surface area (Å²) in [5.41, 5.74) is 5.26. The first-order chi connectivity index (χ1) is 15.1. The summed E-state index contributed by atoms with van der Waals surface area (Å²) >= 11 is 0. The second-order valence-electron chi connectivity index (χ2n) is 6.77. The van der Waals surface area contributed by atoms with Gasteiger partial charge in [0.2, 0.25) is 0 Å². The van der Waals surface area contributed by atoms with Gasteiger partial charge in [0.05, 0.1) is 13.2 Å². The van der Waals surface area contributed by atoms with Crippen LogP contribution in [0.1, 0.15) is 40.5 Å². The molecule has 0 unspecified atom stereocenters. The quantitative estimate of drug-likeness (QED) is 0.437. The number of hydrogen-bond acceptors (Lipinski definition) is 6. The van der Waals surface area contributed by atoms with Crippen molar-refractivity contribution < 1.29 is 28.6 Å². The summed E-state index contributed by atoms with van der Waals surface area (Å²) in [5, 5.41) is 2.50. The van der Waals surface area contributed by atoms with Gasteiger partial charge in [0, 0.05) is 11.1 Å². The zero-order valence-corrected chi connectivity index (χ0v) is 17.2. The van der Waals surface area contributed by atoms with E-state index in [9.17, 15) is 14.4 Å². The number of carbonyl (C=O) groups excluding carboxylic acids is 3. The van der Waals surface area contributed by atoms with E-state index in [0.29, 0.717) is 48.2 Å². The molecule has 1 heterocycles. The maximum Gasteiger partial charge on any atom is 0.269 e. The molecule has 1 aliphatic rings. The Balaban J connectivity index is 1.41. The summed E-state index contributed by atoms with van der Waals surface area (Å²) in [6.07, 6.45) is 2.00. The van der Waals surface area contributed by atoms with Crippen LogP contribution in [0.2, 0.25) is 0 Å². The standard InChI is InChI=1S/C22H25N3O6/c1-2-3-10-29-17-7-4-15(5-8-17)21(27)23-14-20(26)24-25-22(28)16-6-9-18-19(13-16)31-12-11-30-18/h4-9,13H,2-3,10-12,14H2,1H3,(H,23,27)(H,24,26)(H,25,28). The summed E-state index contributed by atoms with van der Waals surface area (Å²) in [6, 6.07) is 11.4. The molecule has 31 heavy (non-hydrogen) atoms. The minimum absolute atomic E-state index is 0.297. The van der Waals surface area contributed by atoms with E-state index in [2.05, 4.69) is 23.1 Å². The second-order valence-corrected chi connectivity index (χ2v) is 6.77. The summed E-state index contributed by atoms with van der Waals surface area (Å²) in [4.78, 5) is 36.3. The molecule has 9 heteroatoms. The van der Waals surface area contributed by atoms with Crippen molar-refractivity contribution in [3.63, 3.8) is 0 Å². The summed E-state index contributed by atoms with van der Waals surface area (Å²) < 4.78 is 16.4. The summed E-state index contributed by atoms with van der Waals surface area (Å²) in [7, 11) is 0. The molecule has 3 amide bonds.